The highest BCUT2D eigenvalue weighted by Gasteiger charge is 2.23. The Balaban J connectivity index is 2.24. The molecule has 0 atom stereocenters. The van der Waals surface area contributed by atoms with E-state index in [0.29, 0.717) is 0 Å². The fourth-order valence-electron chi connectivity index (χ4n) is 2.19. The lowest BCUT2D eigenvalue weighted by Crippen LogP contribution is -2.47. The molecule has 16 heavy (non-hydrogen) atoms. The van der Waals surface area contributed by atoms with Gasteiger partial charge in [-0.3, -0.25) is 4.90 Å². The first kappa shape index (κ1) is 13.9. The van der Waals surface area contributed by atoms with Crippen molar-refractivity contribution in [1.82, 2.24) is 9.80 Å². The van der Waals surface area contributed by atoms with Gasteiger partial charge in [-0.15, -0.1) is 0 Å². The molecule has 0 radical (unpaired) electrons. The Labute approximate surface area is 101 Å². The Morgan fingerprint density at radius 3 is 2.38 bits per heavy atom. The molecule has 1 heterocycles. The maximum absolute atomic E-state index is 5.79. The predicted molar refractivity (Wildman–Crippen MR) is 70.6 cm³/mol. The summed E-state index contributed by atoms with van der Waals surface area (Å²) >= 11 is 0. The first-order valence-corrected chi connectivity index (χ1v) is 6.55. The van der Waals surface area contributed by atoms with Crippen LogP contribution >= 0.6 is 0 Å². The standard InChI is InChI=1S/C13H29N3/c1-13(2,11-14)16(4)10-7-12-5-8-15(3)9-6-12/h12H,5-11,14H2,1-4H3. The van der Waals surface area contributed by atoms with E-state index in [1.165, 1.54) is 38.9 Å². The van der Waals surface area contributed by atoms with Crippen molar-refractivity contribution in [3.8, 4) is 0 Å². The molecule has 0 amide bonds. The summed E-state index contributed by atoms with van der Waals surface area (Å²) in [5, 5.41) is 0. The minimum Gasteiger partial charge on any atom is -0.329 e. The van der Waals surface area contributed by atoms with Gasteiger partial charge in [0.2, 0.25) is 0 Å². The summed E-state index contributed by atoms with van der Waals surface area (Å²) in [7, 11) is 4.42. The highest BCUT2D eigenvalue weighted by Crippen LogP contribution is 2.21. The molecule has 96 valence electrons. The van der Waals surface area contributed by atoms with E-state index >= 15 is 0 Å². The van der Waals surface area contributed by atoms with Crippen LogP contribution in [-0.2, 0) is 0 Å². The summed E-state index contributed by atoms with van der Waals surface area (Å²) in [4.78, 5) is 4.84. The van der Waals surface area contributed by atoms with Gasteiger partial charge in [-0.2, -0.15) is 0 Å². The zero-order chi connectivity index (χ0) is 12.2. The number of likely N-dealkylation sites (N-methyl/N-ethyl adjacent to an activating group) is 1. The van der Waals surface area contributed by atoms with Crippen LogP contribution < -0.4 is 5.73 Å². The van der Waals surface area contributed by atoms with Crippen LogP contribution in [0.15, 0.2) is 0 Å². The zero-order valence-corrected chi connectivity index (χ0v) is 11.5. The molecule has 1 aliphatic rings. The number of piperidine rings is 1. The van der Waals surface area contributed by atoms with Crippen LogP contribution in [-0.4, -0.2) is 55.6 Å². The van der Waals surface area contributed by atoms with E-state index in [1.807, 2.05) is 0 Å². The summed E-state index contributed by atoms with van der Waals surface area (Å²) in [6, 6.07) is 0. The van der Waals surface area contributed by atoms with Crippen LogP contribution in [0.25, 0.3) is 0 Å². The molecule has 0 bridgehead atoms. The Bertz CT molecular complexity index is 195. The van der Waals surface area contributed by atoms with Gasteiger partial charge in [-0.05, 0) is 72.8 Å². The van der Waals surface area contributed by atoms with Crippen molar-refractivity contribution >= 4 is 0 Å². The van der Waals surface area contributed by atoms with Gasteiger partial charge in [0.25, 0.3) is 0 Å². The molecule has 0 aromatic carbocycles. The topological polar surface area (TPSA) is 32.5 Å². The second-order valence-corrected chi connectivity index (χ2v) is 5.97. The van der Waals surface area contributed by atoms with Gasteiger partial charge in [-0.1, -0.05) is 0 Å². The number of rotatable bonds is 5. The number of nitrogens with two attached hydrogens (primary N) is 1. The summed E-state index contributed by atoms with van der Waals surface area (Å²) in [6.07, 6.45) is 4.06. The normalized spacial score (nSPS) is 20.6. The third-order valence-electron chi connectivity index (χ3n) is 4.24. The maximum atomic E-state index is 5.79. The van der Waals surface area contributed by atoms with Crippen LogP contribution in [0.4, 0.5) is 0 Å². The summed E-state index contributed by atoms with van der Waals surface area (Å²) < 4.78 is 0. The monoisotopic (exact) mass is 227 g/mol. The van der Waals surface area contributed by atoms with Gasteiger partial charge in [-0.25, -0.2) is 0 Å². The molecule has 1 rings (SSSR count). The smallest absolute Gasteiger partial charge is 0.0272 e. The zero-order valence-electron chi connectivity index (χ0n) is 11.5. The Morgan fingerprint density at radius 2 is 1.88 bits per heavy atom. The average molecular weight is 227 g/mol. The van der Waals surface area contributed by atoms with E-state index in [9.17, 15) is 0 Å². The largest absolute Gasteiger partial charge is 0.329 e. The van der Waals surface area contributed by atoms with Crippen LogP contribution in [0, 0.1) is 5.92 Å². The molecule has 0 aromatic heterocycles. The molecule has 1 saturated heterocycles. The van der Waals surface area contributed by atoms with E-state index in [0.717, 1.165) is 12.5 Å². The molecular weight excluding hydrogens is 198 g/mol. The second-order valence-electron chi connectivity index (χ2n) is 5.97. The molecule has 0 spiro atoms. The van der Waals surface area contributed by atoms with Gasteiger partial charge >= 0.3 is 0 Å². The van der Waals surface area contributed by atoms with Crippen LogP contribution in [0.1, 0.15) is 33.1 Å². The molecule has 0 unspecified atom stereocenters. The number of likely N-dealkylation sites (tertiary alicyclic amines) is 1. The fourth-order valence-corrected chi connectivity index (χ4v) is 2.19. The Hall–Kier alpha value is -0.120. The molecular formula is C13H29N3. The predicted octanol–water partition coefficient (Wildman–Crippen LogP) is 1.39. The third kappa shape index (κ3) is 4.04. The van der Waals surface area contributed by atoms with Crippen molar-refractivity contribution in [3.05, 3.63) is 0 Å². The van der Waals surface area contributed by atoms with Gasteiger partial charge in [0, 0.05) is 12.1 Å². The van der Waals surface area contributed by atoms with E-state index in [1.54, 1.807) is 0 Å². The van der Waals surface area contributed by atoms with Crippen molar-refractivity contribution in [1.29, 1.82) is 0 Å². The van der Waals surface area contributed by atoms with Crippen molar-refractivity contribution < 1.29 is 0 Å². The first-order valence-electron chi connectivity index (χ1n) is 6.55. The lowest BCUT2D eigenvalue weighted by molar-refractivity contribution is 0.137. The SMILES string of the molecule is CN1CCC(CCN(C)C(C)(C)CN)CC1. The summed E-state index contributed by atoms with van der Waals surface area (Å²) in [6.45, 7) is 8.90. The maximum Gasteiger partial charge on any atom is 0.0272 e. The first-order chi connectivity index (χ1) is 7.45. The van der Waals surface area contributed by atoms with Gasteiger partial charge < -0.3 is 10.6 Å². The van der Waals surface area contributed by atoms with Crippen molar-refractivity contribution in [2.45, 2.75) is 38.6 Å². The molecule has 0 aromatic rings. The van der Waals surface area contributed by atoms with Crippen LogP contribution in [0.5, 0.6) is 0 Å². The quantitative estimate of drug-likeness (QED) is 0.770. The van der Waals surface area contributed by atoms with E-state index in [4.69, 9.17) is 5.73 Å². The van der Waals surface area contributed by atoms with Crippen molar-refractivity contribution in [3.63, 3.8) is 0 Å². The van der Waals surface area contributed by atoms with Gasteiger partial charge in [0.15, 0.2) is 0 Å². The molecule has 1 aliphatic heterocycles. The highest BCUT2D eigenvalue weighted by molar-refractivity contribution is 4.81. The Morgan fingerprint density at radius 1 is 1.31 bits per heavy atom. The molecule has 0 saturated carbocycles. The second kappa shape index (κ2) is 5.99. The van der Waals surface area contributed by atoms with E-state index in [-0.39, 0.29) is 5.54 Å². The number of hydrogen-bond acceptors (Lipinski definition) is 3. The summed E-state index contributed by atoms with van der Waals surface area (Å²) in [5.41, 5.74) is 5.93. The minimum absolute atomic E-state index is 0.144. The fraction of sp³-hybridized carbons (Fsp3) is 1.00. The third-order valence-corrected chi connectivity index (χ3v) is 4.24. The molecule has 3 nitrogen and oxygen atoms in total. The van der Waals surface area contributed by atoms with Gasteiger partial charge in [0.1, 0.15) is 0 Å². The van der Waals surface area contributed by atoms with E-state index < -0.39 is 0 Å². The van der Waals surface area contributed by atoms with Crippen molar-refractivity contribution in [2.24, 2.45) is 11.7 Å². The van der Waals surface area contributed by atoms with Gasteiger partial charge in [0.05, 0.1) is 0 Å². The lowest BCUT2D eigenvalue weighted by atomic mass is 9.93. The Kier molecular flexibility index (Phi) is 5.22. The van der Waals surface area contributed by atoms with E-state index in [2.05, 4.69) is 37.7 Å². The number of hydrogen-bond donors (Lipinski definition) is 1. The number of nitrogens with zero attached hydrogens (tertiary/aromatic N) is 2. The summed E-state index contributed by atoms with van der Waals surface area (Å²) in [5.74, 6) is 0.923. The molecule has 1 fully saturated rings. The lowest BCUT2D eigenvalue weighted by Gasteiger charge is -2.36. The van der Waals surface area contributed by atoms with Crippen LogP contribution in [0.2, 0.25) is 0 Å². The van der Waals surface area contributed by atoms with Crippen molar-refractivity contribution in [2.75, 3.05) is 40.3 Å². The molecule has 3 heteroatoms. The molecule has 2 N–H and O–H groups in total. The minimum atomic E-state index is 0.144. The highest BCUT2D eigenvalue weighted by atomic mass is 15.2. The molecule has 0 aliphatic carbocycles. The van der Waals surface area contributed by atoms with Crippen LogP contribution in [0.3, 0.4) is 0 Å². The average Bonchev–Trinajstić information content (AvgIpc) is 2.28.